The van der Waals surface area contributed by atoms with Crippen molar-refractivity contribution in [1.82, 2.24) is 10.2 Å². The van der Waals surface area contributed by atoms with Crippen LogP contribution >= 0.6 is 0 Å². The molecule has 0 saturated carbocycles. The Morgan fingerprint density at radius 3 is 2.62 bits per heavy atom. The first-order chi connectivity index (χ1) is 11.3. The van der Waals surface area contributed by atoms with Gasteiger partial charge >= 0.3 is 6.18 Å². The largest absolute Gasteiger partial charge is 0.416 e. The number of nitrogens with one attached hydrogen (secondary N) is 1. The molecule has 1 aromatic carbocycles. The Balaban J connectivity index is 1.65. The van der Waals surface area contributed by atoms with Crippen LogP contribution in [-0.2, 0) is 22.2 Å². The molecule has 0 aliphatic carbocycles. The zero-order valence-corrected chi connectivity index (χ0v) is 13.5. The maximum Gasteiger partial charge on any atom is 0.416 e. The first kappa shape index (κ1) is 18.4. The van der Waals surface area contributed by atoms with Crippen LogP contribution in [0.25, 0.3) is 0 Å². The fraction of sp³-hybridized carbons (Fsp3) is 0.529. The molecule has 1 amide bonds. The van der Waals surface area contributed by atoms with Crippen LogP contribution in [0.2, 0.25) is 0 Å². The highest BCUT2D eigenvalue weighted by molar-refractivity contribution is 6.38. The lowest BCUT2D eigenvalue weighted by Crippen LogP contribution is -2.29. The molecular formula is C17H21F3N2O2. The molecule has 2 rings (SSSR count). The summed E-state index contributed by atoms with van der Waals surface area (Å²) in [6.07, 6.45) is -2.18. The van der Waals surface area contributed by atoms with E-state index in [4.69, 9.17) is 0 Å². The van der Waals surface area contributed by atoms with Crippen LogP contribution < -0.4 is 5.32 Å². The molecule has 1 heterocycles. The Labute approximate surface area is 139 Å². The van der Waals surface area contributed by atoms with Crippen LogP contribution in [0.3, 0.4) is 0 Å². The second kappa shape index (κ2) is 7.79. The van der Waals surface area contributed by atoms with Crippen molar-refractivity contribution >= 4 is 11.7 Å². The van der Waals surface area contributed by atoms with Gasteiger partial charge in [-0.2, -0.15) is 13.2 Å². The molecule has 1 aliphatic rings. The predicted octanol–water partition coefficient (Wildman–Crippen LogP) is 2.28. The number of unbranched alkanes of at least 4 members (excludes halogenated alkanes) is 1. The SMILES string of the molecule is CN1CC(CNCCCCc2cccc(C(F)(F)F)c2)C(=O)C1=O. The van der Waals surface area contributed by atoms with E-state index >= 15 is 0 Å². The first-order valence-electron chi connectivity index (χ1n) is 7.95. The van der Waals surface area contributed by atoms with E-state index in [-0.39, 0.29) is 11.7 Å². The number of aryl methyl sites for hydroxylation is 1. The first-order valence-corrected chi connectivity index (χ1v) is 7.95. The molecule has 7 heteroatoms. The normalized spacial score (nSPS) is 18.5. The number of likely N-dealkylation sites (tertiary alicyclic amines) is 1. The third kappa shape index (κ3) is 4.80. The van der Waals surface area contributed by atoms with E-state index in [2.05, 4.69) is 5.32 Å². The maximum absolute atomic E-state index is 12.6. The van der Waals surface area contributed by atoms with Gasteiger partial charge in [-0.05, 0) is 37.4 Å². The number of hydrogen-bond donors (Lipinski definition) is 1. The number of ketones is 1. The predicted molar refractivity (Wildman–Crippen MR) is 83.4 cm³/mol. The summed E-state index contributed by atoms with van der Waals surface area (Å²) in [5.74, 6) is -1.09. The van der Waals surface area contributed by atoms with Crippen molar-refractivity contribution in [2.24, 2.45) is 5.92 Å². The van der Waals surface area contributed by atoms with Crippen LogP contribution in [0, 0.1) is 5.92 Å². The van der Waals surface area contributed by atoms with E-state index in [1.54, 1.807) is 13.1 Å². The number of benzene rings is 1. The quantitative estimate of drug-likeness (QED) is 0.611. The van der Waals surface area contributed by atoms with Gasteiger partial charge in [0, 0.05) is 20.1 Å². The van der Waals surface area contributed by atoms with Crippen molar-refractivity contribution in [3.8, 4) is 0 Å². The van der Waals surface area contributed by atoms with Crippen molar-refractivity contribution in [3.05, 3.63) is 35.4 Å². The number of carbonyl (C=O) groups is 2. The third-order valence-electron chi connectivity index (χ3n) is 4.14. The Morgan fingerprint density at radius 1 is 1.25 bits per heavy atom. The molecule has 0 aromatic heterocycles. The van der Waals surface area contributed by atoms with Gasteiger partial charge in [-0.25, -0.2) is 0 Å². The number of alkyl halides is 3. The van der Waals surface area contributed by atoms with Gasteiger partial charge in [0.15, 0.2) is 0 Å². The molecule has 1 N–H and O–H groups in total. The fourth-order valence-electron chi connectivity index (χ4n) is 2.77. The summed E-state index contributed by atoms with van der Waals surface area (Å²) >= 11 is 0. The third-order valence-corrected chi connectivity index (χ3v) is 4.14. The summed E-state index contributed by atoms with van der Waals surface area (Å²) in [4.78, 5) is 24.4. The summed E-state index contributed by atoms with van der Waals surface area (Å²) < 4.78 is 37.9. The Kier molecular flexibility index (Phi) is 5.99. The minimum Gasteiger partial charge on any atom is -0.338 e. The van der Waals surface area contributed by atoms with Gasteiger partial charge in [0.1, 0.15) is 0 Å². The molecule has 0 bridgehead atoms. The monoisotopic (exact) mass is 342 g/mol. The van der Waals surface area contributed by atoms with Gasteiger partial charge in [-0.3, -0.25) is 9.59 Å². The van der Waals surface area contributed by atoms with Gasteiger partial charge in [0.05, 0.1) is 11.5 Å². The number of likely N-dealkylation sites (N-methyl/N-ethyl adjacent to an activating group) is 1. The lowest BCUT2D eigenvalue weighted by molar-refractivity contribution is -0.140. The van der Waals surface area contributed by atoms with Crippen molar-refractivity contribution in [2.75, 3.05) is 26.7 Å². The Morgan fingerprint density at radius 2 is 2.00 bits per heavy atom. The van der Waals surface area contributed by atoms with E-state index < -0.39 is 17.6 Å². The van der Waals surface area contributed by atoms with Gasteiger partial charge in [0.25, 0.3) is 5.91 Å². The number of rotatable bonds is 7. The Bertz CT molecular complexity index is 602. The van der Waals surface area contributed by atoms with Crippen LogP contribution in [0.4, 0.5) is 13.2 Å². The summed E-state index contributed by atoms with van der Waals surface area (Å²) in [7, 11) is 1.61. The van der Waals surface area contributed by atoms with E-state index in [1.165, 1.54) is 17.0 Å². The molecule has 0 spiro atoms. The maximum atomic E-state index is 12.6. The minimum absolute atomic E-state index is 0.300. The molecule has 1 atom stereocenters. The minimum atomic E-state index is -4.31. The van der Waals surface area contributed by atoms with Gasteiger partial charge < -0.3 is 10.2 Å². The highest BCUT2D eigenvalue weighted by Crippen LogP contribution is 2.29. The number of nitrogens with zero attached hydrogens (tertiary/aromatic N) is 1. The van der Waals surface area contributed by atoms with Gasteiger partial charge in [-0.1, -0.05) is 18.2 Å². The topological polar surface area (TPSA) is 49.4 Å². The molecule has 1 aromatic rings. The van der Waals surface area contributed by atoms with Crippen molar-refractivity contribution < 1.29 is 22.8 Å². The smallest absolute Gasteiger partial charge is 0.338 e. The highest BCUT2D eigenvalue weighted by atomic mass is 19.4. The highest BCUT2D eigenvalue weighted by Gasteiger charge is 2.36. The molecule has 1 unspecified atom stereocenters. The van der Waals surface area contributed by atoms with Gasteiger partial charge in [0.2, 0.25) is 5.78 Å². The van der Waals surface area contributed by atoms with E-state index in [0.29, 0.717) is 31.6 Å². The van der Waals surface area contributed by atoms with E-state index in [9.17, 15) is 22.8 Å². The lowest BCUT2D eigenvalue weighted by atomic mass is 10.0. The second-order valence-electron chi connectivity index (χ2n) is 6.11. The molecule has 0 radical (unpaired) electrons. The van der Waals surface area contributed by atoms with Crippen molar-refractivity contribution in [3.63, 3.8) is 0 Å². The molecule has 132 valence electrons. The molecule has 4 nitrogen and oxygen atoms in total. The zero-order chi connectivity index (χ0) is 17.7. The number of amides is 1. The Hall–Kier alpha value is -1.89. The average Bonchev–Trinajstić information content (AvgIpc) is 2.77. The summed E-state index contributed by atoms with van der Waals surface area (Å²) in [5, 5.41) is 3.14. The van der Waals surface area contributed by atoms with Crippen molar-refractivity contribution in [1.29, 1.82) is 0 Å². The van der Waals surface area contributed by atoms with E-state index in [0.717, 1.165) is 18.9 Å². The molecule has 24 heavy (non-hydrogen) atoms. The number of carbonyl (C=O) groups excluding carboxylic acids is 2. The van der Waals surface area contributed by atoms with Crippen LogP contribution in [0.5, 0.6) is 0 Å². The lowest BCUT2D eigenvalue weighted by Gasteiger charge is -2.10. The van der Waals surface area contributed by atoms with E-state index in [1.807, 2.05) is 0 Å². The van der Waals surface area contributed by atoms with Crippen molar-refractivity contribution in [2.45, 2.75) is 25.4 Å². The molecular weight excluding hydrogens is 321 g/mol. The fourth-order valence-corrected chi connectivity index (χ4v) is 2.77. The zero-order valence-electron chi connectivity index (χ0n) is 13.5. The molecule has 1 fully saturated rings. The number of hydrogen-bond acceptors (Lipinski definition) is 3. The van der Waals surface area contributed by atoms with Crippen LogP contribution in [-0.4, -0.2) is 43.3 Å². The van der Waals surface area contributed by atoms with Gasteiger partial charge in [-0.15, -0.1) is 0 Å². The summed E-state index contributed by atoms with van der Waals surface area (Å²) in [6, 6.07) is 5.38. The number of Topliss-reactive ketones (excluding diaryl/α,β-unsaturated/α-hetero) is 1. The second-order valence-corrected chi connectivity index (χ2v) is 6.11. The molecule has 1 saturated heterocycles. The number of halogens is 3. The van der Waals surface area contributed by atoms with Crippen LogP contribution in [0.1, 0.15) is 24.0 Å². The summed E-state index contributed by atoms with van der Waals surface area (Å²) in [6.45, 7) is 1.56. The summed E-state index contributed by atoms with van der Waals surface area (Å²) in [5.41, 5.74) is 0.0506. The standard InChI is InChI=1S/C17H21F3N2O2/c1-22-11-13(15(23)16(22)24)10-21-8-3-2-5-12-6-4-7-14(9-12)17(18,19)20/h4,6-7,9,13,21H,2-3,5,8,10-11H2,1H3. The van der Waals surface area contributed by atoms with Crippen LogP contribution in [0.15, 0.2) is 24.3 Å². The average molecular weight is 342 g/mol. The molecule has 1 aliphatic heterocycles.